The molecule has 0 saturated heterocycles. The third-order valence-corrected chi connectivity index (χ3v) is 10.9. The van der Waals surface area contributed by atoms with Crippen molar-refractivity contribution in [1.29, 1.82) is 0 Å². The third kappa shape index (κ3) is 42.1. The summed E-state index contributed by atoms with van der Waals surface area (Å²) >= 11 is 0. The Morgan fingerprint density at radius 1 is 0.554 bits per heavy atom. The zero-order valence-corrected chi connectivity index (χ0v) is 38.0. The Bertz CT molecular complexity index is 1010. The Morgan fingerprint density at radius 3 is 1.46 bits per heavy atom. The van der Waals surface area contributed by atoms with E-state index in [2.05, 4.69) is 38.2 Å². The molecule has 10 heteroatoms. The molecule has 330 valence electrons. The minimum absolute atomic E-state index is 0.0361. The van der Waals surface area contributed by atoms with Gasteiger partial charge in [0.15, 0.2) is 6.10 Å². The molecule has 0 spiro atoms. The van der Waals surface area contributed by atoms with Crippen molar-refractivity contribution in [2.75, 3.05) is 47.5 Å². The zero-order chi connectivity index (χ0) is 41.4. The fraction of sp³-hybridized carbons (Fsp3) is 0.870. The Morgan fingerprint density at radius 2 is 0.982 bits per heavy atom. The number of carbonyl (C=O) groups excluding carboxylic acids is 2. The fourth-order valence-electron chi connectivity index (χ4n) is 6.34. The number of hydrogen-bond donors (Lipinski definition) is 0. The van der Waals surface area contributed by atoms with Crippen molar-refractivity contribution in [3.8, 4) is 0 Å². The SMILES string of the molecule is CCCCCCCCCCC/C=C\C/C=C\CCCC(=O)O[C@H](COC(=O)CCCCCCCCCCCCCCCCC)COP(=O)([O-])OCC[N+](C)(C)C. The first-order chi connectivity index (χ1) is 27.0. The van der Waals surface area contributed by atoms with E-state index in [0.29, 0.717) is 17.4 Å². The Kier molecular flexibility index (Phi) is 37.9. The number of ether oxygens (including phenoxy) is 2. The molecule has 0 N–H and O–H groups in total. The molecule has 1 unspecified atom stereocenters. The normalized spacial score (nSPS) is 13.8. The molecule has 0 bridgehead atoms. The maximum Gasteiger partial charge on any atom is 0.306 e. The van der Waals surface area contributed by atoms with Gasteiger partial charge in [-0.25, -0.2) is 0 Å². The van der Waals surface area contributed by atoms with E-state index in [1.165, 1.54) is 135 Å². The average molecular weight is 814 g/mol. The predicted octanol–water partition coefficient (Wildman–Crippen LogP) is 12.5. The first-order valence-corrected chi connectivity index (χ1v) is 24.5. The number of rotatable bonds is 42. The van der Waals surface area contributed by atoms with Crippen LogP contribution in [0.25, 0.3) is 0 Å². The number of quaternary nitrogens is 1. The van der Waals surface area contributed by atoms with Gasteiger partial charge in [0.1, 0.15) is 19.8 Å². The summed E-state index contributed by atoms with van der Waals surface area (Å²) in [5.74, 6) is -0.879. The lowest BCUT2D eigenvalue weighted by molar-refractivity contribution is -0.870. The van der Waals surface area contributed by atoms with Crippen molar-refractivity contribution in [2.24, 2.45) is 0 Å². The number of unbranched alkanes of at least 4 members (excludes halogenated alkanes) is 24. The van der Waals surface area contributed by atoms with Gasteiger partial charge in [0.25, 0.3) is 7.82 Å². The number of carbonyl (C=O) groups is 2. The zero-order valence-electron chi connectivity index (χ0n) is 37.1. The first-order valence-electron chi connectivity index (χ1n) is 23.0. The number of phosphoric acid groups is 1. The number of allylic oxidation sites excluding steroid dienone is 4. The van der Waals surface area contributed by atoms with Crippen molar-refractivity contribution in [3.63, 3.8) is 0 Å². The van der Waals surface area contributed by atoms with Gasteiger partial charge in [-0.05, 0) is 38.5 Å². The summed E-state index contributed by atoms with van der Waals surface area (Å²) in [5.41, 5.74) is 0. The second-order valence-electron chi connectivity index (χ2n) is 16.8. The number of nitrogens with zero attached hydrogens (tertiary/aromatic N) is 1. The molecule has 0 amide bonds. The molecule has 0 aliphatic heterocycles. The number of esters is 2. The van der Waals surface area contributed by atoms with Crippen LogP contribution >= 0.6 is 7.82 Å². The van der Waals surface area contributed by atoms with Crippen LogP contribution in [0.15, 0.2) is 24.3 Å². The Hall–Kier alpha value is -1.51. The van der Waals surface area contributed by atoms with Gasteiger partial charge in [-0.2, -0.15) is 0 Å². The largest absolute Gasteiger partial charge is 0.756 e. The highest BCUT2D eigenvalue weighted by Crippen LogP contribution is 2.38. The van der Waals surface area contributed by atoms with Gasteiger partial charge in [0, 0.05) is 12.8 Å². The van der Waals surface area contributed by atoms with Crippen molar-refractivity contribution in [2.45, 2.75) is 213 Å². The van der Waals surface area contributed by atoms with Crippen LogP contribution in [-0.2, 0) is 32.7 Å². The van der Waals surface area contributed by atoms with E-state index in [4.69, 9.17) is 18.5 Å². The van der Waals surface area contributed by atoms with E-state index in [0.717, 1.165) is 38.5 Å². The van der Waals surface area contributed by atoms with Gasteiger partial charge in [-0.1, -0.05) is 179 Å². The predicted molar refractivity (Wildman–Crippen MR) is 231 cm³/mol. The minimum Gasteiger partial charge on any atom is -0.756 e. The number of phosphoric ester groups is 1. The van der Waals surface area contributed by atoms with Crippen LogP contribution in [0.4, 0.5) is 0 Å². The van der Waals surface area contributed by atoms with Crippen molar-refractivity contribution < 1.29 is 42.1 Å². The quantitative estimate of drug-likeness (QED) is 0.0197. The molecular weight excluding hydrogens is 725 g/mol. The molecule has 2 atom stereocenters. The van der Waals surface area contributed by atoms with Crippen molar-refractivity contribution in [1.82, 2.24) is 0 Å². The lowest BCUT2D eigenvalue weighted by Crippen LogP contribution is -2.37. The number of hydrogen-bond acceptors (Lipinski definition) is 8. The highest BCUT2D eigenvalue weighted by Gasteiger charge is 2.21. The lowest BCUT2D eigenvalue weighted by atomic mass is 10.0. The first kappa shape index (κ1) is 54.5. The second-order valence-corrected chi connectivity index (χ2v) is 18.2. The summed E-state index contributed by atoms with van der Waals surface area (Å²) in [6.45, 7) is 4.20. The molecule has 0 saturated carbocycles. The molecule has 0 aromatic carbocycles. The summed E-state index contributed by atoms with van der Waals surface area (Å²) in [5, 5.41) is 0. The third-order valence-electron chi connectivity index (χ3n) is 9.97. The van der Waals surface area contributed by atoms with Gasteiger partial charge in [-0.3, -0.25) is 14.2 Å². The average Bonchev–Trinajstić information content (AvgIpc) is 3.15. The van der Waals surface area contributed by atoms with Crippen molar-refractivity contribution in [3.05, 3.63) is 24.3 Å². The molecule has 0 radical (unpaired) electrons. The summed E-state index contributed by atoms with van der Waals surface area (Å²) < 4.78 is 33.9. The van der Waals surface area contributed by atoms with Crippen LogP contribution in [0.1, 0.15) is 206 Å². The van der Waals surface area contributed by atoms with E-state index >= 15 is 0 Å². The smallest absolute Gasteiger partial charge is 0.306 e. The van der Waals surface area contributed by atoms with Crippen LogP contribution in [0.2, 0.25) is 0 Å². The summed E-state index contributed by atoms with van der Waals surface area (Å²) in [4.78, 5) is 37.5. The molecule has 0 heterocycles. The van der Waals surface area contributed by atoms with Crippen LogP contribution in [-0.4, -0.2) is 70.0 Å². The monoisotopic (exact) mass is 814 g/mol. The maximum absolute atomic E-state index is 12.7. The van der Waals surface area contributed by atoms with Gasteiger partial charge in [0.05, 0.1) is 27.7 Å². The molecule has 56 heavy (non-hydrogen) atoms. The van der Waals surface area contributed by atoms with E-state index in [1.54, 1.807) is 0 Å². The van der Waals surface area contributed by atoms with Crippen LogP contribution < -0.4 is 4.89 Å². The maximum atomic E-state index is 12.7. The molecule has 0 aromatic rings. The fourth-order valence-corrected chi connectivity index (χ4v) is 7.07. The minimum atomic E-state index is -4.63. The van der Waals surface area contributed by atoms with E-state index in [9.17, 15) is 19.0 Å². The molecule has 0 rings (SSSR count). The van der Waals surface area contributed by atoms with Gasteiger partial charge in [-0.15, -0.1) is 0 Å². The standard InChI is InChI=1S/C46H88NO8P/c1-6-8-10-12-14-16-18-20-22-23-25-27-29-31-33-35-37-39-46(49)55-44(43-54-56(50,51)53-41-40-47(3,4)5)42-52-45(48)38-36-34-32-30-28-26-24-21-19-17-15-13-11-9-7-2/h25,27,31,33,44H,6-24,26,28-30,32,34-43H2,1-5H3/b27-25-,33-31-/t44-/m1/s1. The molecular formula is C46H88NO8P. The van der Waals surface area contributed by atoms with Crippen LogP contribution in [0.3, 0.4) is 0 Å². The number of likely N-dealkylation sites (N-methyl/N-ethyl adjacent to an activating group) is 1. The van der Waals surface area contributed by atoms with E-state index in [1.807, 2.05) is 21.1 Å². The highest BCUT2D eigenvalue weighted by molar-refractivity contribution is 7.45. The lowest BCUT2D eigenvalue weighted by Gasteiger charge is -2.28. The van der Waals surface area contributed by atoms with E-state index in [-0.39, 0.29) is 26.1 Å². The summed E-state index contributed by atoms with van der Waals surface area (Å²) in [7, 11) is 1.15. The van der Waals surface area contributed by atoms with E-state index < -0.39 is 32.5 Å². The second kappa shape index (κ2) is 39.0. The van der Waals surface area contributed by atoms with Crippen LogP contribution in [0, 0.1) is 0 Å². The summed E-state index contributed by atoms with van der Waals surface area (Å²) in [6.07, 6.45) is 42.1. The topological polar surface area (TPSA) is 111 Å². The van der Waals surface area contributed by atoms with Gasteiger partial charge < -0.3 is 27.9 Å². The highest BCUT2D eigenvalue weighted by atomic mass is 31.2. The van der Waals surface area contributed by atoms with Crippen molar-refractivity contribution >= 4 is 19.8 Å². The molecule has 0 aliphatic carbocycles. The molecule has 9 nitrogen and oxygen atoms in total. The molecule has 0 aromatic heterocycles. The summed E-state index contributed by atoms with van der Waals surface area (Å²) in [6, 6.07) is 0. The molecule has 0 fully saturated rings. The molecule has 0 aliphatic rings. The van der Waals surface area contributed by atoms with Gasteiger partial charge >= 0.3 is 11.9 Å². The Labute approximate surface area is 345 Å². The Balaban J connectivity index is 4.38. The van der Waals surface area contributed by atoms with Crippen LogP contribution in [0.5, 0.6) is 0 Å². The van der Waals surface area contributed by atoms with Gasteiger partial charge in [0.2, 0.25) is 0 Å².